The van der Waals surface area contributed by atoms with Gasteiger partial charge in [-0.25, -0.2) is 0 Å². The average Bonchev–Trinajstić information content (AvgIpc) is 2.98. The first kappa shape index (κ1) is 17.2. The summed E-state index contributed by atoms with van der Waals surface area (Å²) in [6.07, 6.45) is 2.94. The van der Waals surface area contributed by atoms with Crippen LogP contribution in [0.25, 0.3) is 10.9 Å². The van der Waals surface area contributed by atoms with Crippen molar-refractivity contribution in [2.24, 2.45) is 0 Å². The number of aromatic amines is 1. The van der Waals surface area contributed by atoms with Gasteiger partial charge in [0, 0.05) is 22.8 Å². The topological polar surface area (TPSA) is 56.9 Å². The van der Waals surface area contributed by atoms with Crippen molar-refractivity contribution in [3.63, 3.8) is 0 Å². The van der Waals surface area contributed by atoms with Crippen molar-refractivity contribution >= 4 is 22.5 Å². The van der Waals surface area contributed by atoms with E-state index < -0.39 is 0 Å². The smallest absolute Gasteiger partial charge is 0.238 e. The molecule has 1 aromatic heterocycles. The van der Waals surface area contributed by atoms with E-state index in [1.165, 1.54) is 16.5 Å². The largest absolute Gasteiger partial charge is 0.361 e. The fraction of sp³-hybridized carbons (Fsp3) is 0.286. The fourth-order valence-corrected chi connectivity index (χ4v) is 3.32. The van der Waals surface area contributed by atoms with Crippen molar-refractivity contribution in [2.45, 2.75) is 27.2 Å². The predicted molar refractivity (Wildman–Crippen MR) is 104 cm³/mol. The zero-order valence-corrected chi connectivity index (χ0v) is 15.1. The van der Waals surface area contributed by atoms with E-state index in [0.717, 1.165) is 35.3 Å². The summed E-state index contributed by atoms with van der Waals surface area (Å²) in [4.78, 5) is 15.5. The number of aromatic nitrogens is 1. The molecule has 0 radical (unpaired) electrons. The Hall–Kier alpha value is -2.59. The van der Waals surface area contributed by atoms with Gasteiger partial charge in [-0.2, -0.15) is 0 Å². The number of hydrogen-bond donors (Lipinski definition) is 3. The predicted octanol–water partition coefficient (Wildman–Crippen LogP) is 3.86. The molecule has 0 atom stereocenters. The van der Waals surface area contributed by atoms with Crippen LogP contribution >= 0.6 is 0 Å². The van der Waals surface area contributed by atoms with Crippen molar-refractivity contribution in [3.8, 4) is 0 Å². The van der Waals surface area contributed by atoms with Gasteiger partial charge < -0.3 is 15.6 Å². The molecule has 25 heavy (non-hydrogen) atoms. The summed E-state index contributed by atoms with van der Waals surface area (Å²) in [5, 5.41) is 7.50. The highest BCUT2D eigenvalue weighted by Gasteiger charge is 2.08. The Kier molecular flexibility index (Phi) is 5.19. The minimum absolute atomic E-state index is 0.00557. The number of H-pyrrole nitrogens is 1. The van der Waals surface area contributed by atoms with Crippen LogP contribution in [0.5, 0.6) is 0 Å². The van der Waals surface area contributed by atoms with Crippen LogP contribution in [0.15, 0.2) is 42.6 Å². The quantitative estimate of drug-likeness (QED) is 0.599. The Bertz CT molecular complexity index is 872. The normalized spacial score (nSPS) is 11.0. The van der Waals surface area contributed by atoms with Crippen molar-refractivity contribution in [1.29, 1.82) is 0 Å². The number of anilines is 1. The Morgan fingerprint density at radius 2 is 1.80 bits per heavy atom. The number of benzene rings is 2. The van der Waals surface area contributed by atoms with Gasteiger partial charge in [-0.15, -0.1) is 0 Å². The second kappa shape index (κ2) is 7.53. The molecule has 130 valence electrons. The van der Waals surface area contributed by atoms with E-state index in [9.17, 15) is 4.79 Å². The molecular formula is C21H25N3O. The molecule has 0 saturated heterocycles. The third-order valence-corrected chi connectivity index (χ3v) is 4.47. The monoisotopic (exact) mass is 335 g/mol. The fourth-order valence-electron chi connectivity index (χ4n) is 3.32. The summed E-state index contributed by atoms with van der Waals surface area (Å²) in [6.45, 7) is 7.20. The van der Waals surface area contributed by atoms with Gasteiger partial charge in [0.05, 0.1) is 6.54 Å². The molecule has 3 N–H and O–H groups in total. The lowest BCUT2D eigenvalue weighted by Gasteiger charge is -2.13. The van der Waals surface area contributed by atoms with Crippen LogP contribution in [-0.2, 0) is 11.2 Å². The van der Waals surface area contributed by atoms with E-state index in [1.54, 1.807) is 0 Å². The van der Waals surface area contributed by atoms with Crippen LogP contribution in [0.3, 0.4) is 0 Å². The Labute approximate surface area is 148 Å². The van der Waals surface area contributed by atoms with E-state index in [2.05, 4.69) is 46.8 Å². The van der Waals surface area contributed by atoms with Gasteiger partial charge >= 0.3 is 0 Å². The number of hydrogen-bond acceptors (Lipinski definition) is 2. The molecule has 4 nitrogen and oxygen atoms in total. The summed E-state index contributed by atoms with van der Waals surface area (Å²) in [6, 6.07) is 12.5. The van der Waals surface area contributed by atoms with Gasteiger partial charge in [0.15, 0.2) is 0 Å². The van der Waals surface area contributed by atoms with E-state index in [0.29, 0.717) is 6.54 Å². The Morgan fingerprint density at radius 1 is 1.08 bits per heavy atom. The van der Waals surface area contributed by atoms with Gasteiger partial charge in [0.2, 0.25) is 5.91 Å². The van der Waals surface area contributed by atoms with Crippen LogP contribution < -0.4 is 10.6 Å². The Balaban J connectivity index is 1.50. The molecule has 0 aliphatic heterocycles. The highest BCUT2D eigenvalue weighted by atomic mass is 16.1. The standard InChI is InChI=1S/C21H25N3O/c1-14-10-15(2)21(16(3)11-14)24-20(25)13-22-9-8-17-12-23-19-7-5-4-6-18(17)19/h4-7,10-12,22-23H,8-9,13H2,1-3H3,(H,24,25). The molecule has 3 rings (SSSR count). The number of amides is 1. The number of rotatable bonds is 6. The molecule has 1 amide bonds. The van der Waals surface area contributed by atoms with Gasteiger partial charge in [0.25, 0.3) is 0 Å². The highest BCUT2D eigenvalue weighted by molar-refractivity contribution is 5.93. The highest BCUT2D eigenvalue weighted by Crippen LogP contribution is 2.21. The van der Waals surface area contributed by atoms with E-state index in [1.807, 2.05) is 32.2 Å². The summed E-state index contributed by atoms with van der Waals surface area (Å²) < 4.78 is 0. The summed E-state index contributed by atoms with van der Waals surface area (Å²) in [5.74, 6) is -0.00557. The molecular weight excluding hydrogens is 310 g/mol. The minimum atomic E-state index is -0.00557. The van der Waals surface area contributed by atoms with Crippen molar-refractivity contribution in [2.75, 3.05) is 18.4 Å². The van der Waals surface area contributed by atoms with Crippen LogP contribution in [-0.4, -0.2) is 24.0 Å². The molecule has 2 aromatic carbocycles. The maximum atomic E-state index is 12.2. The second-order valence-electron chi connectivity index (χ2n) is 6.61. The zero-order valence-electron chi connectivity index (χ0n) is 15.1. The molecule has 4 heteroatoms. The third-order valence-electron chi connectivity index (χ3n) is 4.47. The number of aryl methyl sites for hydroxylation is 3. The summed E-state index contributed by atoms with van der Waals surface area (Å²) in [5.41, 5.74) is 6.77. The third kappa shape index (κ3) is 4.09. The lowest BCUT2D eigenvalue weighted by molar-refractivity contribution is -0.115. The van der Waals surface area contributed by atoms with Crippen molar-refractivity contribution < 1.29 is 4.79 Å². The van der Waals surface area contributed by atoms with E-state index in [-0.39, 0.29) is 5.91 Å². The van der Waals surface area contributed by atoms with Gasteiger partial charge in [-0.1, -0.05) is 35.9 Å². The number of fused-ring (bicyclic) bond motifs is 1. The van der Waals surface area contributed by atoms with Crippen molar-refractivity contribution in [3.05, 3.63) is 64.8 Å². The molecule has 0 aliphatic carbocycles. The van der Waals surface area contributed by atoms with Crippen LogP contribution in [0.2, 0.25) is 0 Å². The molecule has 3 aromatic rings. The molecule has 0 spiro atoms. The van der Waals surface area contributed by atoms with Gasteiger partial charge in [0.1, 0.15) is 0 Å². The SMILES string of the molecule is Cc1cc(C)c(NC(=O)CNCCc2c[nH]c3ccccc23)c(C)c1. The minimum Gasteiger partial charge on any atom is -0.361 e. The number of carbonyl (C=O) groups is 1. The van der Waals surface area contributed by atoms with Crippen LogP contribution in [0.1, 0.15) is 22.3 Å². The summed E-state index contributed by atoms with van der Waals surface area (Å²) >= 11 is 0. The first-order chi connectivity index (χ1) is 12.0. The molecule has 0 saturated carbocycles. The molecule has 1 heterocycles. The molecule has 0 fully saturated rings. The van der Waals surface area contributed by atoms with Gasteiger partial charge in [-0.3, -0.25) is 4.79 Å². The van der Waals surface area contributed by atoms with Gasteiger partial charge in [-0.05, 0) is 56.5 Å². The maximum absolute atomic E-state index is 12.2. The van der Waals surface area contributed by atoms with Crippen LogP contribution in [0, 0.1) is 20.8 Å². The number of para-hydroxylation sites is 1. The zero-order chi connectivity index (χ0) is 17.8. The lowest BCUT2D eigenvalue weighted by atomic mass is 10.1. The molecule has 0 unspecified atom stereocenters. The first-order valence-corrected chi connectivity index (χ1v) is 8.68. The van der Waals surface area contributed by atoms with Crippen LogP contribution in [0.4, 0.5) is 5.69 Å². The average molecular weight is 335 g/mol. The lowest BCUT2D eigenvalue weighted by Crippen LogP contribution is -2.30. The molecule has 0 bridgehead atoms. The second-order valence-corrected chi connectivity index (χ2v) is 6.61. The Morgan fingerprint density at radius 3 is 2.56 bits per heavy atom. The number of carbonyl (C=O) groups excluding carboxylic acids is 1. The summed E-state index contributed by atoms with van der Waals surface area (Å²) in [7, 11) is 0. The van der Waals surface area contributed by atoms with Crippen molar-refractivity contribution in [1.82, 2.24) is 10.3 Å². The van der Waals surface area contributed by atoms with E-state index >= 15 is 0 Å². The number of nitrogens with one attached hydrogen (secondary N) is 3. The molecule has 0 aliphatic rings. The maximum Gasteiger partial charge on any atom is 0.238 e. The first-order valence-electron chi connectivity index (χ1n) is 8.68. The van der Waals surface area contributed by atoms with E-state index in [4.69, 9.17) is 0 Å².